The van der Waals surface area contributed by atoms with Crippen molar-refractivity contribution in [1.29, 1.82) is 0 Å². The molecule has 2 aromatic carbocycles. The summed E-state index contributed by atoms with van der Waals surface area (Å²) in [5.74, 6) is -1.86. The molecule has 0 bridgehead atoms. The minimum absolute atomic E-state index is 0.00551. The monoisotopic (exact) mass is 394 g/mol. The standard InChI is InChI=1S/C17H18N2O7S/c1-2-25-17(22)19-15(20)11-26-16(21)10-18-27(23,24)14-8-7-12-5-3-4-6-13(12)9-14/h3-9,18H,2,10-11H2,1H3,(H,19,20,22). The van der Waals surface area contributed by atoms with Crippen LogP contribution in [0.25, 0.3) is 10.8 Å². The molecule has 0 aliphatic rings. The van der Waals surface area contributed by atoms with Gasteiger partial charge >= 0.3 is 12.1 Å². The number of sulfonamides is 1. The maximum atomic E-state index is 12.3. The fourth-order valence-electron chi connectivity index (χ4n) is 2.09. The van der Waals surface area contributed by atoms with Crippen molar-refractivity contribution >= 4 is 38.8 Å². The van der Waals surface area contributed by atoms with Gasteiger partial charge in [0, 0.05) is 0 Å². The van der Waals surface area contributed by atoms with Gasteiger partial charge in [-0.1, -0.05) is 30.3 Å². The summed E-state index contributed by atoms with van der Waals surface area (Å²) in [6, 6.07) is 11.8. The van der Waals surface area contributed by atoms with Crippen molar-refractivity contribution in [3.8, 4) is 0 Å². The number of amides is 2. The molecule has 0 unspecified atom stereocenters. The highest BCUT2D eigenvalue weighted by atomic mass is 32.2. The Bertz CT molecular complexity index is 957. The molecule has 27 heavy (non-hydrogen) atoms. The smallest absolute Gasteiger partial charge is 0.413 e. The Balaban J connectivity index is 1.87. The van der Waals surface area contributed by atoms with Crippen LogP contribution in [-0.2, 0) is 29.1 Å². The molecule has 2 aromatic rings. The van der Waals surface area contributed by atoms with Crippen LogP contribution in [0.2, 0.25) is 0 Å². The lowest BCUT2D eigenvalue weighted by Gasteiger charge is -2.08. The SMILES string of the molecule is CCOC(=O)NC(=O)COC(=O)CNS(=O)(=O)c1ccc2ccccc2c1. The number of imide groups is 1. The van der Waals surface area contributed by atoms with Gasteiger partial charge in [0.05, 0.1) is 11.5 Å². The Kier molecular flexibility index (Phi) is 6.85. The zero-order valence-electron chi connectivity index (χ0n) is 14.4. The summed E-state index contributed by atoms with van der Waals surface area (Å²) in [6.07, 6.45) is -0.962. The van der Waals surface area contributed by atoms with Gasteiger partial charge in [0.15, 0.2) is 6.61 Å². The van der Waals surface area contributed by atoms with Crippen LogP contribution in [-0.4, -0.2) is 46.1 Å². The largest absolute Gasteiger partial charge is 0.455 e. The number of rotatable bonds is 7. The normalized spacial score (nSPS) is 11.0. The molecule has 0 fully saturated rings. The molecule has 0 aliphatic heterocycles. The average molecular weight is 394 g/mol. The Morgan fingerprint density at radius 3 is 2.41 bits per heavy atom. The molecular weight excluding hydrogens is 376 g/mol. The van der Waals surface area contributed by atoms with Crippen molar-refractivity contribution in [2.75, 3.05) is 19.8 Å². The summed E-state index contributed by atoms with van der Waals surface area (Å²) in [5, 5.41) is 3.45. The average Bonchev–Trinajstić information content (AvgIpc) is 2.64. The van der Waals surface area contributed by atoms with E-state index in [9.17, 15) is 22.8 Å². The van der Waals surface area contributed by atoms with E-state index in [0.29, 0.717) is 0 Å². The van der Waals surface area contributed by atoms with Crippen molar-refractivity contribution in [1.82, 2.24) is 10.0 Å². The summed E-state index contributed by atoms with van der Waals surface area (Å²) in [7, 11) is -3.94. The molecule has 0 spiro atoms. The van der Waals surface area contributed by atoms with Gasteiger partial charge in [0.1, 0.15) is 6.54 Å². The predicted octanol–water partition coefficient (Wildman–Crippen LogP) is 0.934. The molecule has 0 aliphatic carbocycles. The molecule has 0 atom stereocenters. The molecule has 0 aromatic heterocycles. The van der Waals surface area contributed by atoms with Crippen LogP contribution in [0.5, 0.6) is 0 Å². The van der Waals surface area contributed by atoms with E-state index in [4.69, 9.17) is 0 Å². The van der Waals surface area contributed by atoms with Crippen LogP contribution >= 0.6 is 0 Å². The van der Waals surface area contributed by atoms with E-state index >= 15 is 0 Å². The molecule has 2 rings (SSSR count). The topological polar surface area (TPSA) is 128 Å². The van der Waals surface area contributed by atoms with Gasteiger partial charge in [-0.2, -0.15) is 4.72 Å². The van der Waals surface area contributed by atoms with E-state index in [2.05, 4.69) is 14.2 Å². The van der Waals surface area contributed by atoms with E-state index in [1.807, 2.05) is 17.4 Å². The Hall–Kier alpha value is -2.98. The third kappa shape index (κ3) is 6.04. The number of alkyl carbamates (subject to hydrolysis) is 1. The van der Waals surface area contributed by atoms with Gasteiger partial charge in [-0.3, -0.25) is 14.9 Å². The molecule has 0 saturated carbocycles. The first-order valence-corrected chi connectivity index (χ1v) is 9.41. The van der Waals surface area contributed by atoms with Crippen molar-refractivity contribution in [3.05, 3.63) is 42.5 Å². The minimum atomic E-state index is -3.94. The number of nitrogens with one attached hydrogen (secondary N) is 2. The van der Waals surface area contributed by atoms with E-state index in [1.54, 1.807) is 25.1 Å². The molecule has 0 heterocycles. The Morgan fingerprint density at radius 2 is 1.70 bits per heavy atom. The molecule has 2 N–H and O–H groups in total. The maximum Gasteiger partial charge on any atom is 0.413 e. The summed E-state index contributed by atoms with van der Waals surface area (Å²) in [6.45, 7) is 0.235. The van der Waals surface area contributed by atoms with Crippen LogP contribution in [0.4, 0.5) is 4.79 Å². The highest BCUT2D eigenvalue weighted by Gasteiger charge is 2.17. The summed E-state index contributed by atoms with van der Waals surface area (Å²) in [5.41, 5.74) is 0. The first-order valence-electron chi connectivity index (χ1n) is 7.92. The highest BCUT2D eigenvalue weighted by molar-refractivity contribution is 7.89. The number of carbonyl (C=O) groups excluding carboxylic acids is 3. The lowest BCUT2D eigenvalue weighted by molar-refractivity contribution is -0.147. The molecular formula is C17H18N2O7S. The second-order valence-electron chi connectivity index (χ2n) is 5.26. The third-order valence-corrected chi connectivity index (χ3v) is 4.72. The fourth-order valence-corrected chi connectivity index (χ4v) is 3.09. The lowest BCUT2D eigenvalue weighted by atomic mass is 10.1. The Labute approximate surface area is 155 Å². The summed E-state index contributed by atoms with van der Waals surface area (Å²) >= 11 is 0. The summed E-state index contributed by atoms with van der Waals surface area (Å²) < 4.78 is 35.7. The number of hydrogen-bond donors (Lipinski definition) is 2. The van der Waals surface area contributed by atoms with Crippen molar-refractivity contribution in [2.45, 2.75) is 11.8 Å². The van der Waals surface area contributed by atoms with E-state index in [-0.39, 0.29) is 11.5 Å². The van der Waals surface area contributed by atoms with Crippen LogP contribution < -0.4 is 10.0 Å². The highest BCUT2D eigenvalue weighted by Crippen LogP contribution is 2.18. The minimum Gasteiger partial charge on any atom is -0.455 e. The maximum absolute atomic E-state index is 12.3. The van der Waals surface area contributed by atoms with E-state index in [1.165, 1.54) is 12.1 Å². The van der Waals surface area contributed by atoms with Crippen molar-refractivity contribution in [2.24, 2.45) is 0 Å². The molecule has 9 nitrogen and oxygen atoms in total. The number of benzene rings is 2. The van der Waals surface area contributed by atoms with Gasteiger partial charge in [0.2, 0.25) is 10.0 Å². The van der Waals surface area contributed by atoms with Crippen LogP contribution in [0, 0.1) is 0 Å². The predicted molar refractivity (Wildman–Crippen MR) is 95.3 cm³/mol. The number of hydrogen-bond acceptors (Lipinski definition) is 7. The first-order chi connectivity index (χ1) is 12.8. The molecule has 0 radical (unpaired) electrons. The second-order valence-corrected chi connectivity index (χ2v) is 7.03. The van der Waals surface area contributed by atoms with Crippen LogP contribution in [0.15, 0.2) is 47.4 Å². The van der Waals surface area contributed by atoms with Crippen molar-refractivity contribution in [3.63, 3.8) is 0 Å². The van der Waals surface area contributed by atoms with Crippen LogP contribution in [0.3, 0.4) is 0 Å². The van der Waals surface area contributed by atoms with Crippen molar-refractivity contribution < 1.29 is 32.3 Å². The van der Waals surface area contributed by atoms with E-state index < -0.39 is 41.1 Å². The lowest BCUT2D eigenvalue weighted by Crippen LogP contribution is -2.36. The molecule has 0 saturated heterocycles. The fraction of sp³-hybridized carbons (Fsp3) is 0.235. The van der Waals surface area contributed by atoms with Gasteiger partial charge in [-0.15, -0.1) is 0 Å². The number of fused-ring (bicyclic) bond motifs is 1. The Morgan fingerprint density at radius 1 is 1.00 bits per heavy atom. The second kappa shape index (κ2) is 9.10. The first kappa shape index (κ1) is 20.3. The molecule has 2 amide bonds. The quantitative estimate of drug-likeness (QED) is 0.669. The third-order valence-electron chi connectivity index (χ3n) is 3.32. The van der Waals surface area contributed by atoms with Gasteiger partial charge < -0.3 is 9.47 Å². The number of esters is 1. The zero-order chi connectivity index (χ0) is 19.9. The molecule has 10 heteroatoms. The van der Waals surface area contributed by atoms with Gasteiger partial charge in [0.25, 0.3) is 5.91 Å². The molecule has 144 valence electrons. The zero-order valence-corrected chi connectivity index (χ0v) is 15.2. The number of carbonyl (C=O) groups is 3. The van der Waals surface area contributed by atoms with E-state index in [0.717, 1.165) is 10.8 Å². The van der Waals surface area contributed by atoms with Gasteiger partial charge in [-0.05, 0) is 29.8 Å². The summed E-state index contributed by atoms with van der Waals surface area (Å²) in [4.78, 5) is 34.0. The van der Waals surface area contributed by atoms with Gasteiger partial charge in [-0.25, -0.2) is 13.2 Å². The number of ether oxygens (including phenoxy) is 2. The van der Waals surface area contributed by atoms with Crippen LogP contribution in [0.1, 0.15) is 6.92 Å².